The maximum atomic E-state index is 12.0. The first-order valence-corrected chi connectivity index (χ1v) is 6.88. The van der Waals surface area contributed by atoms with E-state index >= 15 is 0 Å². The van der Waals surface area contributed by atoms with E-state index in [1.54, 1.807) is 18.2 Å². The third-order valence-electron chi connectivity index (χ3n) is 3.14. The number of rotatable bonds is 5. The van der Waals surface area contributed by atoms with Crippen LogP contribution in [0.25, 0.3) is 0 Å². The quantitative estimate of drug-likeness (QED) is 0.862. The number of phenolic OH excluding ortho intramolecular Hbond substituents is 1. The summed E-state index contributed by atoms with van der Waals surface area (Å²) < 4.78 is 0. The fraction of sp³-hybridized carbons (Fsp3) is 0.235. The van der Waals surface area contributed by atoms with Crippen LogP contribution in [0.15, 0.2) is 48.5 Å². The number of amides is 1. The van der Waals surface area contributed by atoms with Crippen LogP contribution in [-0.4, -0.2) is 11.0 Å². The van der Waals surface area contributed by atoms with Crippen molar-refractivity contribution in [1.29, 1.82) is 0 Å². The molecule has 0 radical (unpaired) electrons. The lowest BCUT2D eigenvalue weighted by Gasteiger charge is -2.07. The Morgan fingerprint density at radius 2 is 1.90 bits per heavy atom. The van der Waals surface area contributed by atoms with E-state index in [4.69, 9.17) is 0 Å². The molecule has 2 aromatic rings. The van der Waals surface area contributed by atoms with Gasteiger partial charge < -0.3 is 10.4 Å². The topological polar surface area (TPSA) is 49.3 Å². The summed E-state index contributed by atoms with van der Waals surface area (Å²) in [5, 5.41) is 12.2. The Bertz CT molecular complexity index is 576. The van der Waals surface area contributed by atoms with Gasteiger partial charge >= 0.3 is 0 Å². The van der Waals surface area contributed by atoms with Gasteiger partial charge in [0.25, 0.3) is 5.91 Å². The molecule has 0 spiro atoms. The minimum absolute atomic E-state index is 0.0903. The SMILES string of the molecule is CCCCc1ccc(NC(=O)c2cccc(O)c2)cc1. The third-order valence-corrected chi connectivity index (χ3v) is 3.14. The second-order valence-electron chi connectivity index (χ2n) is 4.80. The number of phenols is 1. The maximum absolute atomic E-state index is 12.0. The van der Waals surface area contributed by atoms with Crippen LogP contribution in [0, 0.1) is 0 Å². The van der Waals surface area contributed by atoms with Crippen molar-refractivity contribution in [2.75, 3.05) is 5.32 Å². The van der Waals surface area contributed by atoms with Crippen molar-refractivity contribution in [2.45, 2.75) is 26.2 Å². The number of carbonyl (C=O) groups is 1. The number of nitrogens with one attached hydrogen (secondary N) is 1. The fourth-order valence-corrected chi connectivity index (χ4v) is 1.99. The fourth-order valence-electron chi connectivity index (χ4n) is 1.99. The van der Waals surface area contributed by atoms with E-state index in [0.717, 1.165) is 12.1 Å². The molecule has 0 bridgehead atoms. The minimum Gasteiger partial charge on any atom is -0.508 e. The first-order valence-electron chi connectivity index (χ1n) is 6.88. The zero-order valence-corrected chi connectivity index (χ0v) is 11.6. The molecule has 2 rings (SSSR count). The molecule has 0 unspecified atom stereocenters. The van der Waals surface area contributed by atoms with Gasteiger partial charge in [0.15, 0.2) is 0 Å². The van der Waals surface area contributed by atoms with E-state index in [9.17, 15) is 9.90 Å². The lowest BCUT2D eigenvalue weighted by Crippen LogP contribution is -2.11. The Labute approximate surface area is 119 Å². The highest BCUT2D eigenvalue weighted by Gasteiger charge is 2.06. The molecule has 0 aromatic heterocycles. The lowest BCUT2D eigenvalue weighted by molar-refractivity contribution is 0.102. The highest BCUT2D eigenvalue weighted by molar-refractivity contribution is 6.04. The highest BCUT2D eigenvalue weighted by Crippen LogP contribution is 2.15. The Kier molecular flexibility index (Phi) is 4.77. The van der Waals surface area contributed by atoms with E-state index in [0.29, 0.717) is 5.56 Å². The Morgan fingerprint density at radius 1 is 1.15 bits per heavy atom. The summed E-state index contributed by atoms with van der Waals surface area (Å²) in [4.78, 5) is 12.0. The predicted octanol–water partition coefficient (Wildman–Crippen LogP) is 3.99. The van der Waals surface area contributed by atoms with Crippen molar-refractivity contribution in [2.24, 2.45) is 0 Å². The van der Waals surface area contributed by atoms with E-state index in [1.165, 1.54) is 24.5 Å². The van der Waals surface area contributed by atoms with Gasteiger partial charge in [0.1, 0.15) is 5.75 Å². The van der Waals surface area contributed by atoms with Gasteiger partial charge in [-0.25, -0.2) is 0 Å². The zero-order chi connectivity index (χ0) is 14.4. The van der Waals surface area contributed by atoms with Crippen LogP contribution in [0.4, 0.5) is 5.69 Å². The Hall–Kier alpha value is -2.29. The van der Waals surface area contributed by atoms with Crippen molar-refractivity contribution in [3.63, 3.8) is 0 Å². The largest absolute Gasteiger partial charge is 0.508 e. The summed E-state index contributed by atoms with van der Waals surface area (Å²) in [6, 6.07) is 14.2. The third kappa shape index (κ3) is 3.85. The number of hydrogen-bond donors (Lipinski definition) is 2. The van der Waals surface area contributed by atoms with Gasteiger partial charge in [-0.3, -0.25) is 4.79 Å². The van der Waals surface area contributed by atoms with Crippen LogP contribution in [0.2, 0.25) is 0 Å². The van der Waals surface area contributed by atoms with Crippen LogP contribution in [0.3, 0.4) is 0 Å². The van der Waals surface area contributed by atoms with Crippen molar-refractivity contribution < 1.29 is 9.90 Å². The summed E-state index contributed by atoms with van der Waals surface area (Å²) in [6.45, 7) is 2.17. The average molecular weight is 269 g/mol. The van der Waals surface area contributed by atoms with E-state index in [2.05, 4.69) is 12.2 Å². The zero-order valence-electron chi connectivity index (χ0n) is 11.6. The van der Waals surface area contributed by atoms with Gasteiger partial charge in [-0.05, 0) is 48.7 Å². The second kappa shape index (κ2) is 6.75. The number of anilines is 1. The monoisotopic (exact) mass is 269 g/mol. The van der Waals surface area contributed by atoms with Crippen LogP contribution in [0.5, 0.6) is 5.75 Å². The molecule has 3 heteroatoms. The van der Waals surface area contributed by atoms with Gasteiger partial charge in [-0.15, -0.1) is 0 Å². The molecule has 104 valence electrons. The van der Waals surface area contributed by atoms with E-state index in [-0.39, 0.29) is 11.7 Å². The van der Waals surface area contributed by atoms with Gasteiger partial charge in [0.05, 0.1) is 0 Å². The molecule has 0 aliphatic carbocycles. The summed E-state index contributed by atoms with van der Waals surface area (Å²) in [6.07, 6.45) is 3.42. The predicted molar refractivity (Wildman–Crippen MR) is 81.1 cm³/mol. The molecule has 20 heavy (non-hydrogen) atoms. The standard InChI is InChI=1S/C17H19NO2/c1-2-3-5-13-8-10-15(11-9-13)18-17(20)14-6-4-7-16(19)12-14/h4,6-12,19H,2-3,5H2,1H3,(H,18,20). The molecule has 0 aliphatic heterocycles. The normalized spacial score (nSPS) is 10.2. The van der Waals surface area contributed by atoms with Crippen molar-refractivity contribution in [3.05, 3.63) is 59.7 Å². The Balaban J connectivity index is 2.01. The molecular formula is C17H19NO2. The van der Waals surface area contributed by atoms with Crippen LogP contribution >= 0.6 is 0 Å². The van der Waals surface area contributed by atoms with E-state index < -0.39 is 0 Å². The number of aryl methyl sites for hydroxylation is 1. The maximum Gasteiger partial charge on any atom is 0.255 e. The molecule has 2 N–H and O–H groups in total. The van der Waals surface area contributed by atoms with Gasteiger partial charge in [0, 0.05) is 11.3 Å². The van der Waals surface area contributed by atoms with Gasteiger partial charge in [0.2, 0.25) is 0 Å². The highest BCUT2D eigenvalue weighted by atomic mass is 16.3. The smallest absolute Gasteiger partial charge is 0.255 e. The Morgan fingerprint density at radius 3 is 2.55 bits per heavy atom. The molecule has 0 aliphatic rings. The van der Waals surface area contributed by atoms with Crippen LogP contribution in [-0.2, 0) is 6.42 Å². The molecule has 0 atom stereocenters. The second-order valence-corrected chi connectivity index (χ2v) is 4.80. The molecule has 0 heterocycles. The minimum atomic E-state index is -0.220. The molecule has 0 saturated carbocycles. The summed E-state index contributed by atoms with van der Waals surface area (Å²) in [5.41, 5.74) is 2.49. The number of carbonyl (C=O) groups excluding carboxylic acids is 1. The molecule has 2 aromatic carbocycles. The number of benzene rings is 2. The first kappa shape index (κ1) is 14.1. The summed E-state index contributed by atoms with van der Waals surface area (Å²) in [5.74, 6) is -0.130. The van der Waals surface area contributed by atoms with Crippen LogP contribution in [0.1, 0.15) is 35.7 Å². The number of unbranched alkanes of at least 4 members (excludes halogenated alkanes) is 1. The van der Waals surface area contributed by atoms with Gasteiger partial charge in [-0.2, -0.15) is 0 Å². The number of aromatic hydroxyl groups is 1. The molecule has 3 nitrogen and oxygen atoms in total. The van der Waals surface area contributed by atoms with Crippen molar-refractivity contribution >= 4 is 11.6 Å². The molecular weight excluding hydrogens is 250 g/mol. The lowest BCUT2D eigenvalue weighted by atomic mass is 10.1. The molecule has 0 fully saturated rings. The van der Waals surface area contributed by atoms with Crippen molar-refractivity contribution in [3.8, 4) is 5.75 Å². The average Bonchev–Trinajstić information content (AvgIpc) is 2.46. The summed E-state index contributed by atoms with van der Waals surface area (Å²) >= 11 is 0. The van der Waals surface area contributed by atoms with Gasteiger partial charge in [-0.1, -0.05) is 31.5 Å². The number of hydrogen-bond acceptors (Lipinski definition) is 2. The first-order chi connectivity index (χ1) is 9.69. The molecule has 1 amide bonds. The van der Waals surface area contributed by atoms with Crippen LogP contribution < -0.4 is 5.32 Å². The van der Waals surface area contributed by atoms with Crippen molar-refractivity contribution in [1.82, 2.24) is 0 Å². The van der Waals surface area contributed by atoms with E-state index in [1.807, 2.05) is 24.3 Å². The summed E-state index contributed by atoms with van der Waals surface area (Å²) in [7, 11) is 0. The molecule has 0 saturated heterocycles.